The summed E-state index contributed by atoms with van der Waals surface area (Å²) in [6.45, 7) is 0.400. The molecular formula is C11H16FNO3. The molecule has 0 aliphatic carbocycles. The lowest BCUT2D eigenvalue weighted by atomic mass is 10.2. The average Bonchev–Trinajstić information content (AvgIpc) is 2.27. The van der Waals surface area contributed by atoms with Crippen molar-refractivity contribution in [3.8, 4) is 5.75 Å². The molecule has 4 nitrogen and oxygen atoms in total. The molecule has 1 aromatic rings. The van der Waals surface area contributed by atoms with Crippen molar-refractivity contribution in [2.75, 3.05) is 20.3 Å². The number of benzene rings is 1. The van der Waals surface area contributed by atoms with E-state index in [1.165, 1.54) is 13.2 Å². The first-order chi connectivity index (χ1) is 7.67. The van der Waals surface area contributed by atoms with Crippen molar-refractivity contribution in [2.45, 2.75) is 12.6 Å². The van der Waals surface area contributed by atoms with Gasteiger partial charge in [0.1, 0.15) is 24.3 Å². The highest BCUT2D eigenvalue weighted by Crippen LogP contribution is 2.16. The second kappa shape index (κ2) is 6.42. The number of ether oxygens (including phenoxy) is 2. The zero-order valence-electron chi connectivity index (χ0n) is 9.15. The van der Waals surface area contributed by atoms with Crippen LogP contribution in [0.25, 0.3) is 0 Å². The van der Waals surface area contributed by atoms with Gasteiger partial charge in [0.15, 0.2) is 0 Å². The van der Waals surface area contributed by atoms with Crippen molar-refractivity contribution in [2.24, 2.45) is 5.73 Å². The number of aliphatic hydroxyl groups is 1. The summed E-state index contributed by atoms with van der Waals surface area (Å²) in [6, 6.07) is 4.43. The Kier molecular flexibility index (Phi) is 5.18. The fraction of sp³-hybridized carbons (Fsp3) is 0.455. The molecule has 1 unspecified atom stereocenters. The van der Waals surface area contributed by atoms with E-state index in [-0.39, 0.29) is 19.8 Å². The van der Waals surface area contributed by atoms with E-state index in [4.69, 9.17) is 15.2 Å². The van der Waals surface area contributed by atoms with Crippen LogP contribution in [0.4, 0.5) is 4.39 Å². The Balaban J connectivity index is 2.51. The molecule has 0 bridgehead atoms. The second-order valence-corrected chi connectivity index (χ2v) is 3.38. The molecule has 1 atom stereocenters. The van der Waals surface area contributed by atoms with E-state index in [1.54, 1.807) is 12.1 Å². The zero-order chi connectivity index (χ0) is 12.0. The van der Waals surface area contributed by atoms with Crippen LogP contribution < -0.4 is 10.5 Å². The van der Waals surface area contributed by atoms with Gasteiger partial charge < -0.3 is 20.3 Å². The zero-order valence-corrected chi connectivity index (χ0v) is 9.15. The lowest BCUT2D eigenvalue weighted by Gasteiger charge is -2.11. The van der Waals surface area contributed by atoms with Crippen LogP contribution in [-0.2, 0) is 11.3 Å². The van der Waals surface area contributed by atoms with Crippen LogP contribution >= 0.6 is 0 Å². The first-order valence-electron chi connectivity index (χ1n) is 4.95. The van der Waals surface area contributed by atoms with Gasteiger partial charge in [0.2, 0.25) is 0 Å². The van der Waals surface area contributed by atoms with Gasteiger partial charge in [-0.25, -0.2) is 4.39 Å². The van der Waals surface area contributed by atoms with Crippen LogP contribution in [0.15, 0.2) is 18.2 Å². The van der Waals surface area contributed by atoms with E-state index in [0.717, 1.165) is 0 Å². The lowest BCUT2D eigenvalue weighted by molar-refractivity contribution is 0.0325. The first-order valence-corrected chi connectivity index (χ1v) is 4.95. The van der Waals surface area contributed by atoms with Gasteiger partial charge in [-0.05, 0) is 6.07 Å². The molecule has 0 spiro atoms. The number of methoxy groups -OCH3 is 1. The van der Waals surface area contributed by atoms with Gasteiger partial charge in [-0.3, -0.25) is 0 Å². The fourth-order valence-corrected chi connectivity index (χ4v) is 1.22. The van der Waals surface area contributed by atoms with E-state index < -0.39 is 11.9 Å². The van der Waals surface area contributed by atoms with Crippen molar-refractivity contribution in [1.82, 2.24) is 0 Å². The first kappa shape index (κ1) is 12.9. The van der Waals surface area contributed by atoms with Crippen molar-refractivity contribution < 1.29 is 19.0 Å². The number of halogens is 1. The number of nitrogens with two attached hydrogens (primary N) is 1. The third-order valence-corrected chi connectivity index (χ3v) is 2.05. The highest BCUT2D eigenvalue weighted by atomic mass is 19.1. The summed E-state index contributed by atoms with van der Waals surface area (Å²) in [6.07, 6.45) is -0.720. The van der Waals surface area contributed by atoms with E-state index in [0.29, 0.717) is 11.3 Å². The van der Waals surface area contributed by atoms with E-state index in [2.05, 4.69) is 0 Å². The van der Waals surface area contributed by atoms with Crippen LogP contribution in [0.2, 0.25) is 0 Å². The van der Waals surface area contributed by atoms with Gasteiger partial charge in [-0.15, -0.1) is 0 Å². The highest BCUT2D eigenvalue weighted by molar-refractivity contribution is 5.28. The minimum absolute atomic E-state index is 0.0647. The Morgan fingerprint density at radius 1 is 1.44 bits per heavy atom. The Labute approximate surface area is 93.8 Å². The molecule has 0 heterocycles. The van der Waals surface area contributed by atoms with Gasteiger partial charge in [-0.2, -0.15) is 0 Å². The van der Waals surface area contributed by atoms with Gasteiger partial charge in [0.25, 0.3) is 0 Å². The quantitative estimate of drug-likeness (QED) is 0.752. The molecule has 0 aliphatic rings. The maximum atomic E-state index is 13.3. The number of aliphatic hydroxyl groups excluding tert-OH is 1. The summed E-state index contributed by atoms with van der Waals surface area (Å²) in [5, 5.41) is 9.32. The molecule has 90 valence electrons. The Hall–Kier alpha value is -1.17. The van der Waals surface area contributed by atoms with E-state index in [1.807, 2.05) is 0 Å². The molecular weight excluding hydrogens is 213 g/mol. The number of hydrogen-bond acceptors (Lipinski definition) is 4. The summed E-state index contributed by atoms with van der Waals surface area (Å²) in [5.74, 6) is -0.0360. The van der Waals surface area contributed by atoms with Crippen molar-refractivity contribution in [3.63, 3.8) is 0 Å². The largest absolute Gasteiger partial charge is 0.491 e. The van der Waals surface area contributed by atoms with Crippen LogP contribution in [0, 0.1) is 5.82 Å². The summed E-state index contributed by atoms with van der Waals surface area (Å²) in [5.41, 5.74) is 5.76. The second-order valence-electron chi connectivity index (χ2n) is 3.38. The smallest absolute Gasteiger partial charge is 0.131 e. The average molecular weight is 229 g/mol. The molecule has 0 aliphatic heterocycles. The summed E-state index contributed by atoms with van der Waals surface area (Å²) in [7, 11) is 1.49. The molecule has 0 amide bonds. The molecule has 5 heteroatoms. The number of hydrogen-bond donors (Lipinski definition) is 2. The molecule has 0 radical (unpaired) electrons. The standard InChI is InChI=1S/C11H16FNO3/c1-15-6-9(14)7-16-10-3-2-8(5-13)11(12)4-10/h2-4,9,14H,5-7,13H2,1H3. The minimum Gasteiger partial charge on any atom is -0.491 e. The Morgan fingerprint density at radius 3 is 2.75 bits per heavy atom. The molecule has 0 aromatic heterocycles. The minimum atomic E-state index is -0.720. The Bertz CT molecular complexity index is 333. The predicted molar refractivity (Wildman–Crippen MR) is 57.7 cm³/mol. The Morgan fingerprint density at radius 2 is 2.19 bits per heavy atom. The summed E-state index contributed by atoms with van der Waals surface area (Å²) in [4.78, 5) is 0. The predicted octanol–water partition coefficient (Wildman–Crippen LogP) is 0.671. The topological polar surface area (TPSA) is 64.7 Å². The fourth-order valence-electron chi connectivity index (χ4n) is 1.22. The molecule has 16 heavy (non-hydrogen) atoms. The summed E-state index contributed by atoms with van der Waals surface area (Å²) >= 11 is 0. The van der Waals surface area contributed by atoms with Crippen LogP contribution in [-0.4, -0.2) is 31.5 Å². The van der Waals surface area contributed by atoms with Gasteiger partial charge in [0, 0.05) is 25.3 Å². The highest BCUT2D eigenvalue weighted by Gasteiger charge is 2.06. The molecule has 0 saturated heterocycles. The van der Waals surface area contributed by atoms with Crippen molar-refractivity contribution in [3.05, 3.63) is 29.6 Å². The third-order valence-electron chi connectivity index (χ3n) is 2.05. The molecule has 1 aromatic carbocycles. The van der Waals surface area contributed by atoms with Gasteiger partial charge in [0.05, 0.1) is 6.61 Å². The molecule has 1 rings (SSSR count). The maximum Gasteiger partial charge on any atom is 0.131 e. The van der Waals surface area contributed by atoms with E-state index >= 15 is 0 Å². The summed E-state index contributed by atoms with van der Waals surface area (Å²) < 4.78 is 23.2. The van der Waals surface area contributed by atoms with Gasteiger partial charge >= 0.3 is 0 Å². The van der Waals surface area contributed by atoms with Gasteiger partial charge in [-0.1, -0.05) is 6.07 Å². The molecule has 3 N–H and O–H groups in total. The molecule has 0 saturated carbocycles. The normalized spacial score (nSPS) is 12.5. The SMILES string of the molecule is COCC(O)COc1ccc(CN)c(F)c1. The van der Waals surface area contributed by atoms with E-state index in [9.17, 15) is 9.50 Å². The van der Waals surface area contributed by atoms with Crippen molar-refractivity contribution in [1.29, 1.82) is 0 Å². The number of rotatable bonds is 6. The lowest BCUT2D eigenvalue weighted by Crippen LogP contribution is -2.22. The monoisotopic (exact) mass is 229 g/mol. The third kappa shape index (κ3) is 3.77. The van der Waals surface area contributed by atoms with Crippen molar-refractivity contribution >= 4 is 0 Å². The van der Waals surface area contributed by atoms with Crippen LogP contribution in [0.1, 0.15) is 5.56 Å². The molecule has 0 fully saturated rings. The van der Waals surface area contributed by atoms with Crippen LogP contribution in [0.3, 0.4) is 0 Å². The maximum absolute atomic E-state index is 13.3. The van der Waals surface area contributed by atoms with Crippen LogP contribution in [0.5, 0.6) is 5.75 Å².